The second-order valence-corrected chi connectivity index (χ2v) is 8.62. The van der Waals surface area contributed by atoms with E-state index in [1.807, 2.05) is 0 Å². The van der Waals surface area contributed by atoms with E-state index >= 15 is 0 Å². The molecule has 2 aliphatic heterocycles. The van der Waals surface area contributed by atoms with Gasteiger partial charge in [0.1, 0.15) is 0 Å². The number of nitrogens with zero attached hydrogens (tertiary/aromatic N) is 1. The lowest BCUT2D eigenvalue weighted by Gasteiger charge is -2.34. The summed E-state index contributed by atoms with van der Waals surface area (Å²) in [6.07, 6.45) is 3.90. The zero-order chi connectivity index (χ0) is 16.8. The van der Waals surface area contributed by atoms with Crippen LogP contribution >= 0.6 is 12.4 Å². The van der Waals surface area contributed by atoms with E-state index < -0.39 is 15.9 Å². The van der Waals surface area contributed by atoms with Crippen molar-refractivity contribution in [3.8, 4) is 0 Å². The van der Waals surface area contributed by atoms with Crippen molar-refractivity contribution in [3.05, 3.63) is 29.3 Å². The molecule has 6 nitrogen and oxygen atoms in total. The van der Waals surface area contributed by atoms with Gasteiger partial charge in [-0.15, -0.1) is 12.4 Å². The van der Waals surface area contributed by atoms with Gasteiger partial charge in [0.05, 0.1) is 4.90 Å². The number of rotatable bonds is 4. The van der Waals surface area contributed by atoms with Gasteiger partial charge in [-0.1, -0.05) is 6.07 Å². The number of nitrogens with two attached hydrogens (primary N) is 1. The summed E-state index contributed by atoms with van der Waals surface area (Å²) in [5.74, 6) is -0.609. The highest BCUT2D eigenvalue weighted by molar-refractivity contribution is 7.89. The molecule has 24 heavy (non-hydrogen) atoms. The molecule has 1 aromatic carbocycles. The summed E-state index contributed by atoms with van der Waals surface area (Å²) in [6.45, 7) is 1.74. The molecular formula is C16H24ClN3O3S. The van der Waals surface area contributed by atoms with Crippen LogP contribution in [0, 0.1) is 6.92 Å². The molecule has 3 rings (SSSR count). The number of sulfonamides is 1. The maximum absolute atomic E-state index is 12.9. The van der Waals surface area contributed by atoms with E-state index in [9.17, 15) is 13.2 Å². The van der Waals surface area contributed by atoms with E-state index in [2.05, 4.69) is 5.32 Å². The number of hydrogen-bond acceptors (Lipinski definition) is 4. The van der Waals surface area contributed by atoms with Gasteiger partial charge in [0.25, 0.3) is 0 Å². The molecule has 2 fully saturated rings. The lowest BCUT2D eigenvalue weighted by molar-refractivity contribution is 0.0999. The van der Waals surface area contributed by atoms with Gasteiger partial charge in [0.2, 0.25) is 15.9 Å². The molecule has 1 aromatic rings. The maximum atomic E-state index is 12.9. The first-order chi connectivity index (χ1) is 10.8. The van der Waals surface area contributed by atoms with Crippen molar-refractivity contribution >= 4 is 28.3 Å². The van der Waals surface area contributed by atoms with Crippen molar-refractivity contribution in [2.24, 2.45) is 5.73 Å². The molecule has 3 N–H and O–H groups in total. The number of carbonyl (C=O) groups excluding carboxylic acids is 1. The molecule has 2 heterocycles. The van der Waals surface area contributed by atoms with Crippen molar-refractivity contribution in [3.63, 3.8) is 0 Å². The van der Waals surface area contributed by atoms with Crippen LogP contribution in [-0.4, -0.2) is 43.8 Å². The Kier molecular flexibility index (Phi) is 5.59. The molecular weight excluding hydrogens is 350 g/mol. The number of nitrogens with one attached hydrogen (secondary N) is 1. The highest BCUT2D eigenvalue weighted by Gasteiger charge is 2.38. The number of piperidine rings is 1. The van der Waals surface area contributed by atoms with Crippen LogP contribution in [0.3, 0.4) is 0 Å². The normalized spacial score (nSPS) is 26.2. The number of primary amides is 1. The van der Waals surface area contributed by atoms with Gasteiger partial charge in [0.15, 0.2) is 0 Å². The summed E-state index contributed by atoms with van der Waals surface area (Å²) in [7, 11) is -2.00. The maximum Gasteiger partial charge on any atom is 0.249 e. The van der Waals surface area contributed by atoms with Crippen LogP contribution in [0.2, 0.25) is 0 Å². The fourth-order valence-corrected chi connectivity index (χ4v) is 5.12. The number of benzene rings is 1. The Morgan fingerprint density at radius 1 is 1.25 bits per heavy atom. The molecule has 2 saturated heterocycles. The molecule has 2 unspecified atom stereocenters. The van der Waals surface area contributed by atoms with Gasteiger partial charge in [-0.05, 0) is 50.3 Å². The Bertz CT molecular complexity index is 726. The highest BCUT2D eigenvalue weighted by Crippen LogP contribution is 2.31. The van der Waals surface area contributed by atoms with Crippen molar-refractivity contribution in [1.29, 1.82) is 0 Å². The molecule has 0 aromatic heterocycles. The van der Waals surface area contributed by atoms with Crippen LogP contribution in [0.15, 0.2) is 23.1 Å². The van der Waals surface area contributed by atoms with Crippen LogP contribution in [0.5, 0.6) is 0 Å². The molecule has 2 atom stereocenters. The average molecular weight is 374 g/mol. The van der Waals surface area contributed by atoms with Crippen LogP contribution in [0.25, 0.3) is 0 Å². The minimum atomic E-state index is -3.63. The Morgan fingerprint density at radius 2 is 1.83 bits per heavy atom. The molecule has 1 amide bonds. The molecule has 0 aliphatic carbocycles. The van der Waals surface area contributed by atoms with Gasteiger partial charge in [0, 0.05) is 30.7 Å². The number of hydrogen-bond donors (Lipinski definition) is 2. The lowest BCUT2D eigenvalue weighted by atomic mass is 10.0. The summed E-state index contributed by atoms with van der Waals surface area (Å²) < 4.78 is 27.3. The predicted molar refractivity (Wildman–Crippen MR) is 94.9 cm³/mol. The van der Waals surface area contributed by atoms with Crippen molar-refractivity contribution in [1.82, 2.24) is 9.62 Å². The fraction of sp³-hybridized carbons (Fsp3) is 0.562. The highest BCUT2D eigenvalue weighted by atomic mass is 35.5. The minimum Gasteiger partial charge on any atom is -0.366 e. The molecule has 134 valence electrons. The van der Waals surface area contributed by atoms with Gasteiger partial charge in [-0.2, -0.15) is 4.31 Å². The summed E-state index contributed by atoms with van der Waals surface area (Å²) in [4.78, 5) is 11.6. The van der Waals surface area contributed by atoms with Crippen LogP contribution in [-0.2, 0) is 10.0 Å². The molecule has 2 aliphatic rings. The summed E-state index contributed by atoms with van der Waals surface area (Å²) in [5, 5.41) is 3.52. The summed E-state index contributed by atoms with van der Waals surface area (Å²) >= 11 is 0. The fourth-order valence-electron chi connectivity index (χ4n) is 3.71. The topological polar surface area (TPSA) is 92.5 Å². The van der Waals surface area contributed by atoms with Crippen LogP contribution in [0.1, 0.15) is 41.6 Å². The van der Waals surface area contributed by atoms with Gasteiger partial charge < -0.3 is 11.1 Å². The summed E-state index contributed by atoms with van der Waals surface area (Å²) in [6, 6.07) is 5.39. The third-order valence-electron chi connectivity index (χ3n) is 5.11. The third-order valence-corrected chi connectivity index (χ3v) is 7.02. The van der Waals surface area contributed by atoms with E-state index in [1.54, 1.807) is 26.1 Å². The van der Waals surface area contributed by atoms with Gasteiger partial charge >= 0.3 is 0 Å². The smallest absolute Gasteiger partial charge is 0.249 e. The third kappa shape index (κ3) is 3.44. The summed E-state index contributed by atoms with van der Waals surface area (Å²) in [5.41, 5.74) is 6.27. The van der Waals surface area contributed by atoms with E-state index in [-0.39, 0.29) is 28.9 Å². The van der Waals surface area contributed by atoms with Crippen LogP contribution < -0.4 is 11.1 Å². The molecule has 8 heteroatoms. The van der Waals surface area contributed by atoms with E-state index in [1.165, 1.54) is 10.4 Å². The second-order valence-electron chi connectivity index (χ2n) is 6.63. The van der Waals surface area contributed by atoms with Crippen molar-refractivity contribution < 1.29 is 13.2 Å². The van der Waals surface area contributed by atoms with E-state index in [4.69, 9.17) is 5.73 Å². The number of aryl methyl sites for hydroxylation is 1. The first kappa shape index (κ1) is 19.2. The van der Waals surface area contributed by atoms with E-state index in [0.717, 1.165) is 25.7 Å². The lowest BCUT2D eigenvalue weighted by Crippen LogP contribution is -2.48. The standard InChI is InChI=1S/C16H23N3O3S.ClH/c1-10-3-6-14(9-15(10)16(17)20)23(21,22)19(2)13-7-11-4-5-12(8-13)18-11;/h3,6,9,11-13,18H,4-5,7-8H2,1-2H3,(H2,17,20);1H. The first-order valence-electron chi connectivity index (χ1n) is 7.93. The predicted octanol–water partition coefficient (Wildman–Crippen LogP) is 1.42. The van der Waals surface area contributed by atoms with Gasteiger partial charge in [-0.3, -0.25) is 4.79 Å². The quantitative estimate of drug-likeness (QED) is 0.834. The van der Waals surface area contributed by atoms with Crippen molar-refractivity contribution in [2.75, 3.05) is 7.05 Å². The number of fused-ring (bicyclic) bond motifs is 2. The minimum absolute atomic E-state index is 0. The number of carbonyl (C=O) groups is 1. The largest absolute Gasteiger partial charge is 0.366 e. The monoisotopic (exact) mass is 373 g/mol. The molecule has 0 spiro atoms. The Labute approximate surface area is 149 Å². The van der Waals surface area contributed by atoms with Crippen LogP contribution in [0.4, 0.5) is 0 Å². The molecule has 0 radical (unpaired) electrons. The van der Waals surface area contributed by atoms with Gasteiger partial charge in [-0.25, -0.2) is 8.42 Å². The Balaban J connectivity index is 0.00000208. The van der Waals surface area contributed by atoms with Crippen molar-refractivity contribution in [2.45, 2.75) is 55.6 Å². The SMILES string of the molecule is Cc1ccc(S(=O)(=O)N(C)C2CC3CCC(C2)N3)cc1C(N)=O.Cl. The Morgan fingerprint density at radius 3 is 2.38 bits per heavy atom. The molecule has 0 saturated carbocycles. The first-order valence-corrected chi connectivity index (χ1v) is 9.37. The zero-order valence-corrected chi connectivity index (χ0v) is 15.5. The Hall–Kier alpha value is -1.15. The second kappa shape index (κ2) is 7.00. The number of amides is 1. The van der Waals surface area contributed by atoms with E-state index in [0.29, 0.717) is 17.6 Å². The molecule has 2 bridgehead atoms. The average Bonchev–Trinajstić information content (AvgIpc) is 2.84. The number of halogens is 1. The zero-order valence-electron chi connectivity index (χ0n) is 13.9.